The van der Waals surface area contributed by atoms with E-state index in [0.717, 1.165) is 0 Å². The van der Waals surface area contributed by atoms with E-state index in [-0.39, 0.29) is 0 Å². The molecule has 0 atom stereocenters. The molecule has 0 spiro atoms. The molecule has 5 heteroatoms. The maximum absolute atomic E-state index is 10.6. The fourth-order valence-electron chi connectivity index (χ4n) is 0.743. The van der Waals surface area contributed by atoms with E-state index in [4.69, 9.17) is 10.6 Å². The smallest absolute Gasteiger partial charge is 0.309 e. The quantitative estimate of drug-likeness (QED) is 0.297. The summed E-state index contributed by atoms with van der Waals surface area (Å²) in [4.78, 5) is 13.2. The number of hydrogen-bond acceptors (Lipinski definition) is 2. The Morgan fingerprint density at radius 3 is 2.67 bits per heavy atom. The monoisotopic (exact) mass is 171 g/mol. The predicted molar refractivity (Wildman–Crippen MR) is 44.7 cm³/mol. The summed E-state index contributed by atoms with van der Waals surface area (Å²) in [5.41, 5.74) is 7.23. The molecule has 1 N–H and O–H groups in total. The van der Waals surface area contributed by atoms with Crippen LogP contribution in [-0.2, 0) is 4.79 Å². The molecule has 0 unspecified atom stereocenters. The molecule has 0 rings (SSSR count). The van der Waals surface area contributed by atoms with Crippen LogP contribution in [0.2, 0.25) is 0 Å². The van der Waals surface area contributed by atoms with E-state index < -0.39 is 11.4 Å². The Morgan fingerprint density at radius 1 is 1.67 bits per heavy atom. The first-order valence-electron chi connectivity index (χ1n) is 3.75. The molecule has 0 radical (unpaired) electrons. The van der Waals surface area contributed by atoms with Crippen molar-refractivity contribution >= 4 is 5.97 Å². The average Bonchev–Trinajstić information content (AvgIpc) is 1.98. The lowest BCUT2D eigenvalue weighted by Gasteiger charge is -2.17. The van der Waals surface area contributed by atoms with Crippen molar-refractivity contribution in [3.05, 3.63) is 10.4 Å². The van der Waals surface area contributed by atoms with Crippen molar-refractivity contribution in [2.45, 2.75) is 26.7 Å². The molecule has 0 aliphatic heterocycles. The van der Waals surface area contributed by atoms with Crippen LogP contribution in [0.25, 0.3) is 10.4 Å². The molecule has 12 heavy (non-hydrogen) atoms. The Labute approximate surface area is 71.0 Å². The van der Waals surface area contributed by atoms with Gasteiger partial charge in [0.2, 0.25) is 0 Å². The summed E-state index contributed by atoms with van der Waals surface area (Å²) in [6.45, 7) is 3.68. The minimum absolute atomic E-state index is 0.368. The molecule has 0 aliphatic rings. The Kier molecular flexibility index (Phi) is 4.15. The van der Waals surface area contributed by atoms with Crippen LogP contribution in [0.4, 0.5) is 0 Å². The highest BCUT2D eigenvalue weighted by Gasteiger charge is 2.25. The summed E-state index contributed by atoms with van der Waals surface area (Å²) in [5, 5.41) is 12.0. The highest BCUT2D eigenvalue weighted by atomic mass is 16.4. The first-order chi connectivity index (χ1) is 5.50. The molecule has 0 aromatic carbocycles. The van der Waals surface area contributed by atoms with Gasteiger partial charge in [-0.3, -0.25) is 4.79 Å². The van der Waals surface area contributed by atoms with Gasteiger partial charge in [-0.15, -0.1) is 0 Å². The summed E-state index contributed by atoms with van der Waals surface area (Å²) in [5.74, 6) is -0.816. The van der Waals surface area contributed by atoms with Gasteiger partial charge in [-0.2, -0.15) is 0 Å². The van der Waals surface area contributed by atoms with Gasteiger partial charge in [0.05, 0.1) is 5.41 Å². The van der Waals surface area contributed by atoms with Gasteiger partial charge in [0.15, 0.2) is 0 Å². The number of azide groups is 1. The van der Waals surface area contributed by atoms with Crippen molar-refractivity contribution < 1.29 is 9.90 Å². The molecule has 0 aromatic heterocycles. The third-order valence-electron chi connectivity index (χ3n) is 1.70. The molecule has 0 aromatic rings. The lowest BCUT2D eigenvalue weighted by atomic mass is 9.88. The number of hydrogen-bond donors (Lipinski definition) is 1. The fraction of sp³-hybridized carbons (Fsp3) is 0.857. The lowest BCUT2D eigenvalue weighted by molar-refractivity contribution is -0.147. The Balaban J connectivity index is 3.76. The minimum Gasteiger partial charge on any atom is -0.481 e. The molecular formula is C7H13N3O2. The van der Waals surface area contributed by atoms with Crippen LogP contribution in [0.1, 0.15) is 26.7 Å². The van der Waals surface area contributed by atoms with E-state index in [9.17, 15) is 4.79 Å². The van der Waals surface area contributed by atoms with Gasteiger partial charge in [-0.05, 0) is 32.2 Å². The summed E-state index contributed by atoms with van der Waals surface area (Å²) in [6.07, 6.45) is 1.14. The van der Waals surface area contributed by atoms with Crippen LogP contribution in [0.3, 0.4) is 0 Å². The average molecular weight is 171 g/mol. The third kappa shape index (κ3) is 3.83. The van der Waals surface area contributed by atoms with Gasteiger partial charge in [-0.25, -0.2) is 0 Å². The first-order valence-corrected chi connectivity index (χ1v) is 3.75. The Bertz CT molecular complexity index is 207. The molecular weight excluding hydrogens is 158 g/mol. The Hall–Kier alpha value is -1.22. The molecule has 0 aliphatic carbocycles. The van der Waals surface area contributed by atoms with Crippen molar-refractivity contribution in [3.63, 3.8) is 0 Å². The van der Waals surface area contributed by atoms with Gasteiger partial charge in [-0.1, -0.05) is 5.11 Å². The standard InChI is InChI=1S/C7H13N3O2/c1-7(2,6(11)12)4-3-5-9-10-8/h3-5H2,1-2H3,(H,11,12). The van der Waals surface area contributed by atoms with Crippen molar-refractivity contribution in [1.82, 2.24) is 0 Å². The van der Waals surface area contributed by atoms with E-state index in [1.54, 1.807) is 13.8 Å². The zero-order chi connectivity index (χ0) is 9.61. The van der Waals surface area contributed by atoms with Crippen molar-refractivity contribution in [3.8, 4) is 0 Å². The summed E-state index contributed by atoms with van der Waals surface area (Å²) in [6, 6.07) is 0. The fourth-order valence-corrected chi connectivity index (χ4v) is 0.743. The molecule has 0 fully saturated rings. The second-order valence-corrected chi connectivity index (χ2v) is 3.25. The third-order valence-corrected chi connectivity index (χ3v) is 1.70. The van der Waals surface area contributed by atoms with Crippen molar-refractivity contribution in [2.24, 2.45) is 10.5 Å². The minimum atomic E-state index is -0.816. The highest BCUT2D eigenvalue weighted by molar-refractivity contribution is 5.73. The number of rotatable bonds is 5. The van der Waals surface area contributed by atoms with Crippen LogP contribution in [0.5, 0.6) is 0 Å². The lowest BCUT2D eigenvalue weighted by Crippen LogP contribution is -2.23. The predicted octanol–water partition coefficient (Wildman–Crippen LogP) is 2.19. The second kappa shape index (κ2) is 4.62. The van der Waals surface area contributed by atoms with E-state index in [1.165, 1.54) is 0 Å². The molecule has 0 bridgehead atoms. The topological polar surface area (TPSA) is 86.1 Å². The number of aliphatic carboxylic acids is 1. The molecule has 0 saturated heterocycles. The molecule has 68 valence electrons. The summed E-state index contributed by atoms with van der Waals surface area (Å²) in [7, 11) is 0. The first kappa shape index (κ1) is 10.8. The summed E-state index contributed by atoms with van der Waals surface area (Å²) < 4.78 is 0. The van der Waals surface area contributed by atoms with Gasteiger partial charge in [0.25, 0.3) is 0 Å². The maximum Gasteiger partial charge on any atom is 0.309 e. The van der Waals surface area contributed by atoms with Crippen LogP contribution in [0, 0.1) is 5.41 Å². The van der Waals surface area contributed by atoms with Crippen LogP contribution < -0.4 is 0 Å². The van der Waals surface area contributed by atoms with Crippen LogP contribution in [0.15, 0.2) is 5.11 Å². The molecule has 0 saturated carbocycles. The van der Waals surface area contributed by atoms with Crippen molar-refractivity contribution in [1.29, 1.82) is 0 Å². The largest absolute Gasteiger partial charge is 0.481 e. The van der Waals surface area contributed by atoms with Crippen LogP contribution in [-0.4, -0.2) is 17.6 Å². The highest BCUT2D eigenvalue weighted by Crippen LogP contribution is 2.22. The maximum atomic E-state index is 10.6. The number of carboxylic acid groups (broad SMARTS) is 1. The Morgan fingerprint density at radius 2 is 2.25 bits per heavy atom. The van der Waals surface area contributed by atoms with E-state index in [0.29, 0.717) is 19.4 Å². The SMILES string of the molecule is CC(C)(CCCN=[N+]=[N-])C(=O)O. The van der Waals surface area contributed by atoms with Gasteiger partial charge in [0, 0.05) is 11.5 Å². The molecule has 5 nitrogen and oxygen atoms in total. The zero-order valence-electron chi connectivity index (χ0n) is 7.32. The molecule has 0 amide bonds. The van der Waals surface area contributed by atoms with Crippen molar-refractivity contribution in [2.75, 3.05) is 6.54 Å². The van der Waals surface area contributed by atoms with Gasteiger partial charge >= 0.3 is 5.97 Å². The molecule has 0 heterocycles. The second-order valence-electron chi connectivity index (χ2n) is 3.25. The van der Waals surface area contributed by atoms with Gasteiger partial charge in [0.1, 0.15) is 0 Å². The summed E-state index contributed by atoms with van der Waals surface area (Å²) >= 11 is 0. The number of carbonyl (C=O) groups is 1. The number of nitrogens with zero attached hydrogens (tertiary/aromatic N) is 3. The van der Waals surface area contributed by atoms with Crippen LogP contribution >= 0.6 is 0 Å². The number of carboxylic acids is 1. The normalized spacial score (nSPS) is 10.5. The van der Waals surface area contributed by atoms with Gasteiger partial charge < -0.3 is 5.11 Å². The zero-order valence-corrected chi connectivity index (χ0v) is 7.32. The van der Waals surface area contributed by atoms with E-state index in [1.807, 2.05) is 0 Å². The van der Waals surface area contributed by atoms with E-state index >= 15 is 0 Å². The van der Waals surface area contributed by atoms with E-state index in [2.05, 4.69) is 10.0 Å².